The quantitative estimate of drug-likeness (QED) is 0.294. The van der Waals surface area contributed by atoms with Crippen molar-refractivity contribution in [3.05, 3.63) is 25.3 Å². The van der Waals surface area contributed by atoms with Gasteiger partial charge in [0.25, 0.3) is 0 Å². The highest BCUT2D eigenvalue weighted by Gasteiger charge is 2.76. The van der Waals surface area contributed by atoms with E-state index in [1.54, 1.807) is 0 Å². The highest BCUT2D eigenvalue weighted by Crippen LogP contribution is 2.64. The SMILES string of the molecule is C=CC(=O)OC1CCC(C(C2CCC(OC(=O)C=C)CC2)(C(F)(F)F)C(F)(F)F)CC1. The van der Waals surface area contributed by atoms with Crippen molar-refractivity contribution in [2.75, 3.05) is 0 Å². The Balaban J connectivity index is 2.26. The molecule has 10 heteroatoms. The largest absolute Gasteiger partial charge is 0.459 e. The van der Waals surface area contributed by atoms with Crippen LogP contribution in [0, 0.1) is 17.3 Å². The van der Waals surface area contributed by atoms with Crippen LogP contribution < -0.4 is 0 Å². The minimum atomic E-state index is -5.50. The molecular formula is C21H26F6O4. The van der Waals surface area contributed by atoms with Crippen LogP contribution in [-0.4, -0.2) is 36.5 Å². The Hall–Kier alpha value is -2.00. The first-order chi connectivity index (χ1) is 14.4. The first-order valence-corrected chi connectivity index (χ1v) is 10.2. The second-order valence-electron chi connectivity index (χ2n) is 8.09. The third kappa shape index (κ3) is 5.26. The average Bonchev–Trinajstić information content (AvgIpc) is 2.68. The van der Waals surface area contributed by atoms with Gasteiger partial charge in [0.15, 0.2) is 5.41 Å². The Morgan fingerprint density at radius 3 is 1.16 bits per heavy atom. The summed E-state index contributed by atoms with van der Waals surface area (Å²) in [4.78, 5) is 22.6. The van der Waals surface area contributed by atoms with Crippen LogP contribution in [0.15, 0.2) is 25.3 Å². The topological polar surface area (TPSA) is 52.6 Å². The standard InChI is InChI=1S/C21H26F6O4/c1-3-17(28)30-15-9-5-13(6-10-15)19(20(22,23)24,21(25,26)27)14-7-11-16(12-8-14)31-18(29)4-2/h3-4,13-16H,1-2,5-12H2. The van der Waals surface area contributed by atoms with Gasteiger partial charge < -0.3 is 9.47 Å². The van der Waals surface area contributed by atoms with Gasteiger partial charge in [0.2, 0.25) is 0 Å². The summed E-state index contributed by atoms with van der Waals surface area (Å²) in [5.41, 5.74) is -3.86. The summed E-state index contributed by atoms with van der Waals surface area (Å²) >= 11 is 0. The first kappa shape index (κ1) is 25.3. The minimum Gasteiger partial charge on any atom is -0.459 e. The van der Waals surface area contributed by atoms with Crippen molar-refractivity contribution in [2.24, 2.45) is 17.3 Å². The van der Waals surface area contributed by atoms with Crippen LogP contribution in [0.25, 0.3) is 0 Å². The highest BCUT2D eigenvalue weighted by molar-refractivity contribution is 5.81. The predicted octanol–water partition coefficient (Wildman–Crippen LogP) is 5.67. The maximum atomic E-state index is 14.2. The molecule has 2 aliphatic rings. The van der Waals surface area contributed by atoms with Crippen LogP contribution in [0.4, 0.5) is 26.3 Å². The smallest absolute Gasteiger partial charge is 0.403 e. The van der Waals surface area contributed by atoms with Crippen LogP contribution in [0.2, 0.25) is 0 Å². The maximum Gasteiger partial charge on any atom is 0.403 e. The van der Waals surface area contributed by atoms with Crippen molar-refractivity contribution in [1.29, 1.82) is 0 Å². The monoisotopic (exact) mass is 456 g/mol. The summed E-state index contributed by atoms with van der Waals surface area (Å²) in [6, 6.07) is 0. The molecule has 0 unspecified atom stereocenters. The van der Waals surface area contributed by atoms with Gasteiger partial charge in [-0.05, 0) is 63.2 Å². The zero-order valence-electron chi connectivity index (χ0n) is 16.9. The van der Waals surface area contributed by atoms with Crippen molar-refractivity contribution in [3.63, 3.8) is 0 Å². The number of alkyl halides is 6. The summed E-state index contributed by atoms with van der Waals surface area (Å²) in [6.45, 7) is 6.45. The number of ether oxygens (including phenoxy) is 2. The zero-order valence-corrected chi connectivity index (χ0v) is 16.9. The third-order valence-electron chi connectivity index (χ3n) is 6.47. The summed E-state index contributed by atoms with van der Waals surface area (Å²) in [7, 11) is 0. The molecule has 0 atom stereocenters. The number of hydrogen-bond donors (Lipinski definition) is 0. The van der Waals surface area contributed by atoms with Crippen molar-refractivity contribution in [1.82, 2.24) is 0 Å². The molecule has 4 nitrogen and oxygen atoms in total. The van der Waals surface area contributed by atoms with Crippen molar-refractivity contribution < 1.29 is 45.4 Å². The molecule has 176 valence electrons. The first-order valence-electron chi connectivity index (χ1n) is 10.2. The highest BCUT2D eigenvalue weighted by atomic mass is 19.4. The fourth-order valence-electron chi connectivity index (χ4n) is 5.12. The van der Waals surface area contributed by atoms with E-state index in [9.17, 15) is 35.9 Å². The second kappa shape index (κ2) is 9.65. The molecular weight excluding hydrogens is 430 g/mol. The van der Waals surface area contributed by atoms with E-state index in [2.05, 4.69) is 13.2 Å². The molecule has 0 N–H and O–H groups in total. The number of halogens is 6. The van der Waals surface area contributed by atoms with Crippen molar-refractivity contribution in [2.45, 2.75) is 75.9 Å². The molecule has 2 fully saturated rings. The number of rotatable bonds is 6. The lowest BCUT2D eigenvalue weighted by Gasteiger charge is -2.51. The van der Waals surface area contributed by atoms with Gasteiger partial charge in [-0.1, -0.05) is 13.2 Å². The lowest BCUT2D eigenvalue weighted by Crippen LogP contribution is -2.61. The molecule has 2 rings (SSSR count). The van der Waals surface area contributed by atoms with Gasteiger partial charge in [0.1, 0.15) is 12.2 Å². The zero-order chi connectivity index (χ0) is 23.4. The summed E-state index contributed by atoms with van der Waals surface area (Å²) in [5, 5.41) is 0. The summed E-state index contributed by atoms with van der Waals surface area (Å²) < 4.78 is 95.5. The van der Waals surface area contributed by atoms with E-state index in [0.717, 1.165) is 12.2 Å². The second-order valence-corrected chi connectivity index (χ2v) is 8.09. The molecule has 0 aromatic heterocycles. The molecule has 0 aromatic carbocycles. The molecule has 31 heavy (non-hydrogen) atoms. The van der Waals surface area contributed by atoms with E-state index in [0.29, 0.717) is 0 Å². The predicted molar refractivity (Wildman–Crippen MR) is 98.6 cm³/mol. The van der Waals surface area contributed by atoms with Crippen molar-refractivity contribution >= 4 is 11.9 Å². The summed E-state index contributed by atoms with van der Waals surface area (Å²) in [5.74, 6) is -4.87. The number of esters is 2. The molecule has 0 aromatic rings. The van der Waals surface area contributed by atoms with E-state index in [1.165, 1.54) is 0 Å². The van der Waals surface area contributed by atoms with Gasteiger partial charge in [-0.15, -0.1) is 0 Å². The minimum absolute atomic E-state index is 0.0789. The Morgan fingerprint density at radius 1 is 0.645 bits per heavy atom. The van der Waals surface area contributed by atoms with E-state index >= 15 is 0 Å². The lowest BCUT2D eigenvalue weighted by atomic mass is 9.57. The van der Waals surface area contributed by atoms with Gasteiger partial charge in [-0.2, -0.15) is 26.3 Å². The van der Waals surface area contributed by atoms with Crippen molar-refractivity contribution in [3.8, 4) is 0 Å². The Labute approximate surface area is 176 Å². The lowest BCUT2D eigenvalue weighted by molar-refractivity contribution is -0.382. The summed E-state index contributed by atoms with van der Waals surface area (Å²) in [6.07, 6.45) is -12.4. The molecule has 0 bridgehead atoms. The molecule has 0 saturated heterocycles. The fourth-order valence-corrected chi connectivity index (χ4v) is 5.12. The Morgan fingerprint density at radius 2 is 0.935 bits per heavy atom. The average molecular weight is 456 g/mol. The number of carbonyl (C=O) groups excluding carboxylic acids is 2. The van der Waals surface area contributed by atoms with Gasteiger partial charge in [0.05, 0.1) is 0 Å². The molecule has 0 radical (unpaired) electrons. The van der Waals surface area contributed by atoms with Crippen LogP contribution >= 0.6 is 0 Å². The molecule has 0 aliphatic heterocycles. The van der Waals surface area contributed by atoms with E-state index in [4.69, 9.17) is 9.47 Å². The van der Waals surface area contributed by atoms with Crippen LogP contribution in [0.1, 0.15) is 51.4 Å². The Kier molecular flexibility index (Phi) is 7.86. The number of hydrogen-bond acceptors (Lipinski definition) is 4. The normalized spacial score (nSPS) is 27.8. The third-order valence-corrected chi connectivity index (χ3v) is 6.47. The van der Waals surface area contributed by atoms with Crippen LogP contribution in [-0.2, 0) is 19.1 Å². The van der Waals surface area contributed by atoms with Crippen LogP contribution in [0.3, 0.4) is 0 Å². The fraction of sp³-hybridized carbons (Fsp3) is 0.714. The molecule has 0 amide bonds. The van der Waals surface area contributed by atoms with Gasteiger partial charge in [-0.25, -0.2) is 9.59 Å². The van der Waals surface area contributed by atoms with Gasteiger partial charge >= 0.3 is 24.3 Å². The van der Waals surface area contributed by atoms with Crippen LogP contribution in [0.5, 0.6) is 0 Å². The van der Waals surface area contributed by atoms with E-state index in [-0.39, 0.29) is 51.4 Å². The molecule has 2 aliphatic carbocycles. The Bertz CT molecular complexity index is 610. The van der Waals surface area contributed by atoms with Gasteiger partial charge in [0, 0.05) is 12.2 Å². The number of carbonyl (C=O) groups is 2. The molecule has 2 saturated carbocycles. The molecule has 0 heterocycles. The van der Waals surface area contributed by atoms with E-state index < -0.39 is 53.7 Å². The van der Waals surface area contributed by atoms with E-state index in [1.807, 2.05) is 0 Å². The maximum absolute atomic E-state index is 14.2. The molecule has 0 spiro atoms. The van der Waals surface area contributed by atoms with Gasteiger partial charge in [-0.3, -0.25) is 0 Å².